The minimum atomic E-state index is -1.08. The Bertz CT molecular complexity index is 363. The van der Waals surface area contributed by atoms with E-state index in [1.54, 1.807) is 0 Å². The van der Waals surface area contributed by atoms with Crippen molar-refractivity contribution >= 4 is 36.8 Å². The van der Waals surface area contributed by atoms with Gasteiger partial charge >= 0.3 is 5.97 Å². The monoisotopic (exact) mass is 306 g/mol. The fraction of sp³-hybridized carbons (Fsp3) is 0.636. The Morgan fingerprint density at radius 2 is 1.95 bits per heavy atom. The number of amides is 1. The van der Waals surface area contributed by atoms with Crippen molar-refractivity contribution in [1.29, 1.82) is 0 Å². The average Bonchev–Trinajstić information content (AvgIpc) is 2.40. The van der Waals surface area contributed by atoms with Gasteiger partial charge in [0.1, 0.15) is 0 Å². The number of nitrogens with two attached hydrogens (primary N) is 1. The van der Waals surface area contributed by atoms with Gasteiger partial charge in [-0.1, -0.05) is 0 Å². The number of aliphatic carboxylic acids is 1. The van der Waals surface area contributed by atoms with Gasteiger partial charge in [0.2, 0.25) is 5.91 Å². The van der Waals surface area contributed by atoms with Crippen LogP contribution in [0.4, 0.5) is 0 Å². The molecule has 0 aliphatic heterocycles. The lowest BCUT2D eigenvalue weighted by Gasteiger charge is -2.16. The molecule has 8 nitrogen and oxygen atoms in total. The molecule has 9 heteroatoms. The second kappa shape index (κ2) is 10.2. The highest BCUT2D eigenvalue weighted by molar-refractivity contribution is 7.80. The molecule has 0 fully saturated rings. The van der Waals surface area contributed by atoms with Crippen LogP contribution in [0.5, 0.6) is 0 Å². The molecule has 0 aromatic carbocycles. The predicted molar refractivity (Wildman–Crippen MR) is 72.0 cm³/mol. The number of hydrogen-bond acceptors (Lipinski definition) is 7. The zero-order chi connectivity index (χ0) is 15.5. The number of rotatable bonds is 11. The smallest absolute Gasteiger partial charge is 0.303 e. The first kappa shape index (κ1) is 18.4. The number of Topliss-reactive ketones (excluding diaryl/α,β-unsaturated/α-hetero) is 1. The Morgan fingerprint density at radius 3 is 2.45 bits per heavy atom. The molecule has 2 atom stereocenters. The van der Waals surface area contributed by atoms with Crippen LogP contribution in [0.25, 0.3) is 0 Å². The first-order valence-electron chi connectivity index (χ1n) is 5.90. The van der Waals surface area contributed by atoms with E-state index >= 15 is 0 Å². The third-order valence-corrected chi connectivity index (χ3v) is 2.74. The van der Waals surface area contributed by atoms with Gasteiger partial charge in [0.05, 0.1) is 12.5 Å². The number of carbonyl (C=O) groups is 4. The van der Waals surface area contributed by atoms with Crippen molar-refractivity contribution in [2.75, 3.05) is 5.75 Å². The molecule has 0 saturated carbocycles. The Kier molecular flexibility index (Phi) is 9.39. The van der Waals surface area contributed by atoms with Gasteiger partial charge in [-0.15, -0.1) is 0 Å². The molecular weight excluding hydrogens is 288 g/mol. The molecular formula is C11H18N2O6S. The van der Waals surface area contributed by atoms with Gasteiger partial charge in [0.25, 0.3) is 6.47 Å². The molecule has 1 amide bonds. The Balaban J connectivity index is 4.14. The van der Waals surface area contributed by atoms with Crippen molar-refractivity contribution in [3.05, 3.63) is 0 Å². The number of nitrogens with one attached hydrogen (secondary N) is 1. The summed E-state index contributed by atoms with van der Waals surface area (Å²) < 4.78 is 4.41. The largest absolute Gasteiger partial charge is 0.481 e. The van der Waals surface area contributed by atoms with Crippen LogP contribution in [-0.4, -0.2) is 47.3 Å². The first-order valence-corrected chi connectivity index (χ1v) is 6.53. The van der Waals surface area contributed by atoms with Crippen LogP contribution < -0.4 is 11.1 Å². The van der Waals surface area contributed by atoms with Gasteiger partial charge in [-0.3, -0.25) is 24.9 Å². The number of hydrogen-bond donors (Lipinski definition) is 4. The summed E-state index contributed by atoms with van der Waals surface area (Å²) in [5.41, 5.74) is 5.36. The fourth-order valence-corrected chi connectivity index (χ4v) is 1.61. The Morgan fingerprint density at radius 1 is 1.30 bits per heavy atom. The minimum Gasteiger partial charge on any atom is -0.481 e. The molecule has 0 rings (SSSR count). The van der Waals surface area contributed by atoms with Crippen molar-refractivity contribution < 1.29 is 29.0 Å². The number of carboxylic acid groups (broad SMARTS) is 1. The quantitative estimate of drug-likeness (QED) is 0.220. The predicted octanol–water partition coefficient (Wildman–Crippen LogP) is -0.927. The topological polar surface area (TPSA) is 136 Å². The molecule has 0 bridgehead atoms. The maximum Gasteiger partial charge on any atom is 0.303 e. The lowest BCUT2D eigenvalue weighted by Crippen LogP contribution is -2.42. The van der Waals surface area contributed by atoms with E-state index in [4.69, 9.17) is 10.8 Å². The van der Waals surface area contributed by atoms with Gasteiger partial charge in [-0.25, -0.2) is 0 Å². The second-order valence-electron chi connectivity index (χ2n) is 3.97. The SMILES string of the molecule is N[C@H](CCC(=O)N[C@H](CS)C(=O)CCC(=O)O)OC=O. The molecule has 0 spiro atoms. The molecule has 20 heavy (non-hydrogen) atoms. The van der Waals surface area contributed by atoms with Crippen molar-refractivity contribution in [1.82, 2.24) is 5.32 Å². The Labute approximate surface area is 121 Å². The van der Waals surface area contributed by atoms with Gasteiger partial charge in [-0.2, -0.15) is 12.6 Å². The summed E-state index contributed by atoms with van der Waals surface area (Å²) in [5, 5.41) is 10.9. The highest BCUT2D eigenvalue weighted by Gasteiger charge is 2.20. The van der Waals surface area contributed by atoms with Gasteiger partial charge < -0.3 is 15.2 Å². The molecule has 4 N–H and O–H groups in total. The average molecular weight is 306 g/mol. The summed E-state index contributed by atoms with van der Waals surface area (Å²) in [7, 11) is 0. The summed E-state index contributed by atoms with van der Waals surface area (Å²) in [6.07, 6.45) is -1.25. The number of carboxylic acids is 1. The maximum absolute atomic E-state index is 11.6. The van der Waals surface area contributed by atoms with Gasteiger partial charge in [-0.05, 0) is 0 Å². The minimum absolute atomic E-state index is 0.0223. The van der Waals surface area contributed by atoms with Crippen molar-refractivity contribution in [2.24, 2.45) is 5.73 Å². The van der Waals surface area contributed by atoms with Crippen LogP contribution in [0.15, 0.2) is 0 Å². The summed E-state index contributed by atoms with van der Waals surface area (Å²) in [6, 6.07) is -0.839. The molecule has 0 aromatic heterocycles. The zero-order valence-corrected chi connectivity index (χ0v) is 11.7. The van der Waals surface area contributed by atoms with Crippen molar-refractivity contribution in [3.63, 3.8) is 0 Å². The summed E-state index contributed by atoms with van der Waals surface area (Å²) in [5.74, 6) is -1.86. The van der Waals surface area contributed by atoms with E-state index in [2.05, 4.69) is 22.7 Å². The molecule has 0 heterocycles. The zero-order valence-electron chi connectivity index (χ0n) is 10.8. The van der Waals surface area contributed by atoms with E-state index in [1.165, 1.54) is 0 Å². The standard InChI is InChI=1S/C11H18N2O6S/c12-9(19-6-14)2-3-10(16)13-7(5-20)8(15)1-4-11(17)18/h6-7,9,20H,1-5,12H2,(H,13,16)(H,17,18)/t7-,9+/m1/s1. The third kappa shape index (κ3) is 8.48. The first-order chi connectivity index (χ1) is 9.40. The molecule has 0 saturated heterocycles. The molecule has 0 aliphatic rings. The molecule has 114 valence electrons. The maximum atomic E-state index is 11.6. The summed E-state index contributed by atoms with van der Waals surface area (Å²) >= 11 is 3.94. The van der Waals surface area contributed by atoms with Crippen LogP contribution >= 0.6 is 12.6 Å². The van der Waals surface area contributed by atoms with E-state index in [0.29, 0.717) is 0 Å². The highest BCUT2D eigenvalue weighted by Crippen LogP contribution is 2.01. The van der Waals surface area contributed by atoms with Crippen LogP contribution in [-0.2, 0) is 23.9 Å². The van der Waals surface area contributed by atoms with Crippen LogP contribution in [0.3, 0.4) is 0 Å². The number of ether oxygens (including phenoxy) is 1. The van der Waals surface area contributed by atoms with Crippen LogP contribution in [0.2, 0.25) is 0 Å². The number of carbonyl (C=O) groups excluding carboxylic acids is 3. The normalized spacial score (nSPS) is 13.1. The lowest BCUT2D eigenvalue weighted by atomic mass is 10.1. The molecule has 0 aliphatic carbocycles. The van der Waals surface area contributed by atoms with E-state index in [0.717, 1.165) is 0 Å². The fourth-order valence-electron chi connectivity index (χ4n) is 1.31. The van der Waals surface area contributed by atoms with E-state index in [1.807, 2.05) is 0 Å². The van der Waals surface area contributed by atoms with E-state index < -0.39 is 29.9 Å². The van der Waals surface area contributed by atoms with Crippen molar-refractivity contribution in [2.45, 2.75) is 38.0 Å². The van der Waals surface area contributed by atoms with Crippen LogP contribution in [0, 0.1) is 0 Å². The van der Waals surface area contributed by atoms with Crippen molar-refractivity contribution in [3.8, 4) is 0 Å². The molecule has 0 radical (unpaired) electrons. The van der Waals surface area contributed by atoms with E-state index in [9.17, 15) is 19.2 Å². The van der Waals surface area contributed by atoms with E-state index in [-0.39, 0.29) is 37.9 Å². The number of ketones is 1. The number of thiol groups is 1. The third-order valence-electron chi connectivity index (χ3n) is 2.38. The lowest BCUT2D eigenvalue weighted by molar-refractivity contribution is -0.139. The molecule has 0 unspecified atom stereocenters. The molecule has 0 aromatic rings. The summed E-state index contributed by atoms with van der Waals surface area (Å²) in [4.78, 5) is 43.5. The van der Waals surface area contributed by atoms with Crippen LogP contribution in [0.1, 0.15) is 25.7 Å². The second-order valence-corrected chi connectivity index (χ2v) is 4.34. The Hall–Kier alpha value is -1.61. The van der Waals surface area contributed by atoms with Gasteiger partial charge in [0.15, 0.2) is 12.0 Å². The summed E-state index contributed by atoms with van der Waals surface area (Å²) in [6.45, 7) is 0.189. The highest BCUT2D eigenvalue weighted by atomic mass is 32.1. The van der Waals surface area contributed by atoms with Gasteiger partial charge in [0, 0.05) is 25.0 Å².